The van der Waals surface area contributed by atoms with E-state index in [9.17, 15) is 4.39 Å². The Morgan fingerprint density at radius 1 is 1.27 bits per heavy atom. The number of nitrogens with zero attached hydrogens (tertiary/aromatic N) is 3. The third kappa shape index (κ3) is 2.93. The van der Waals surface area contributed by atoms with E-state index < -0.39 is 6.67 Å². The van der Waals surface area contributed by atoms with Crippen LogP contribution in [0.2, 0.25) is 5.28 Å². The fourth-order valence-corrected chi connectivity index (χ4v) is 3.08. The second-order valence-electron chi connectivity index (χ2n) is 4.36. The SMILES string of the molecule is COc1cccc(-c2nc(CF)sc2-c2ccnc(Cl)n2)c1. The molecule has 0 amide bonds. The number of halogens is 2. The Balaban J connectivity index is 2.16. The van der Waals surface area contributed by atoms with E-state index in [1.807, 2.05) is 24.3 Å². The molecule has 0 unspecified atom stereocenters. The molecule has 1 aromatic carbocycles. The van der Waals surface area contributed by atoms with E-state index in [-0.39, 0.29) is 5.28 Å². The maximum absolute atomic E-state index is 13.0. The number of rotatable bonds is 4. The number of benzene rings is 1. The third-order valence-corrected chi connectivity index (χ3v) is 4.21. The van der Waals surface area contributed by atoms with Gasteiger partial charge in [-0.2, -0.15) is 0 Å². The van der Waals surface area contributed by atoms with E-state index in [4.69, 9.17) is 16.3 Å². The van der Waals surface area contributed by atoms with Gasteiger partial charge >= 0.3 is 0 Å². The van der Waals surface area contributed by atoms with Crippen molar-refractivity contribution < 1.29 is 9.13 Å². The monoisotopic (exact) mass is 335 g/mol. The van der Waals surface area contributed by atoms with Crippen LogP contribution in [0.4, 0.5) is 4.39 Å². The summed E-state index contributed by atoms with van der Waals surface area (Å²) in [6.07, 6.45) is 1.56. The normalized spacial score (nSPS) is 10.7. The zero-order chi connectivity index (χ0) is 15.5. The largest absolute Gasteiger partial charge is 0.497 e. The third-order valence-electron chi connectivity index (χ3n) is 2.99. The molecule has 7 heteroatoms. The first-order valence-electron chi connectivity index (χ1n) is 6.40. The van der Waals surface area contributed by atoms with E-state index in [1.54, 1.807) is 19.4 Å². The lowest BCUT2D eigenvalue weighted by Gasteiger charge is -2.05. The summed E-state index contributed by atoms with van der Waals surface area (Å²) in [5.41, 5.74) is 2.11. The highest BCUT2D eigenvalue weighted by Gasteiger charge is 2.17. The average molecular weight is 336 g/mol. The summed E-state index contributed by atoms with van der Waals surface area (Å²) < 4.78 is 18.3. The molecule has 0 saturated heterocycles. The molecular formula is C15H11ClFN3OS. The van der Waals surface area contributed by atoms with Crippen LogP contribution in [0.15, 0.2) is 36.5 Å². The average Bonchev–Trinajstić information content (AvgIpc) is 2.99. The molecule has 0 fully saturated rings. The number of hydrogen-bond acceptors (Lipinski definition) is 5. The van der Waals surface area contributed by atoms with Crippen LogP contribution in [0.25, 0.3) is 21.8 Å². The zero-order valence-electron chi connectivity index (χ0n) is 11.6. The van der Waals surface area contributed by atoms with Gasteiger partial charge in [0, 0.05) is 11.8 Å². The molecule has 0 aliphatic heterocycles. The van der Waals surface area contributed by atoms with Gasteiger partial charge in [-0.25, -0.2) is 19.3 Å². The van der Waals surface area contributed by atoms with E-state index >= 15 is 0 Å². The number of thiazole rings is 1. The van der Waals surface area contributed by atoms with Crippen molar-refractivity contribution in [1.82, 2.24) is 15.0 Å². The van der Waals surface area contributed by atoms with Crippen LogP contribution in [-0.4, -0.2) is 22.1 Å². The maximum atomic E-state index is 13.0. The predicted molar refractivity (Wildman–Crippen MR) is 85.0 cm³/mol. The van der Waals surface area contributed by atoms with E-state index in [2.05, 4.69) is 15.0 Å². The molecule has 4 nitrogen and oxygen atoms in total. The van der Waals surface area contributed by atoms with Crippen molar-refractivity contribution in [3.05, 3.63) is 46.8 Å². The Hall–Kier alpha value is -2.05. The minimum absolute atomic E-state index is 0.143. The van der Waals surface area contributed by atoms with Gasteiger partial charge in [-0.15, -0.1) is 11.3 Å². The van der Waals surface area contributed by atoms with E-state index in [1.165, 1.54) is 11.3 Å². The van der Waals surface area contributed by atoms with Gasteiger partial charge in [-0.05, 0) is 29.8 Å². The van der Waals surface area contributed by atoms with Gasteiger partial charge in [-0.1, -0.05) is 12.1 Å². The van der Waals surface area contributed by atoms with Crippen molar-refractivity contribution in [2.24, 2.45) is 0 Å². The van der Waals surface area contributed by atoms with Gasteiger partial charge in [0.15, 0.2) is 0 Å². The minimum Gasteiger partial charge on any atom is -0.497 e. The molecule has 0 radical (unpaired) electrons. The molecule has 0 aliphatic carbocycles. The highest BCUT2D eigenvalue weighted by molar-refractivity contribution is 7.15. The molecule has 2 aromatic heterocycles. The molecule has 3 aromatic rings. The van der Waals surface area contributed by atoms with E-state index in [0.29, 0.717) is 22.1 Å². The smallest absolute Gasteiger partial charge is 0.222 e. The minimum atomic E-state index is -0.625. The van der Waals surface area contributed by atoms with Gasteiger partial charge in [0.2, 0.25) is 5.28 Å². The molecule has 112 valence electrons. The summed E-state index contributed by atoms with van der Waals surface area (Å²) in [6, 6.07) is 9.17. The quantitative estimate of drug-likeness (QED) is 0.663. The summed E-state index contributed by atoms with van der Waals surface area (Å²) >= 11 is 7.10. The van der Waals surface area contributed by atoms with Crippen LogP contribution in [0.3, 0.4) is 0 Å². The van der Waals surface area contributed by atoms with Crippen LogP contribution in [0, 0.1) is 0 Å². The molecule has 0 atom stereocenters. The van der Waals surface area contributed by atoms with Gasteiger partial charge in [-0.3, -0.25) is 0 Å². The molecular weight excluding hydrogens is 325 g/mol. The molecule has 0 aliphatic rings. The van der Waals surface area contributed by atoms with Crippen LogP contribution in [-0.2, 0) is 6.67 Å². The summed E-state index contributed by atoms with van der Waals surface area (Å²) in [6.45, 7) is -0.625. The maximum Gasteiger partial charge on any atom is 0.222 e. The van der Waals surface area contributed by atoms with Crippen molar-refractivity contribution in [3.8, 4) is 27.6 Å². The number of hydrogen-bond donors (Lipinski definition) is 0. The fraction of sp³-hybridized carbons (Fsp3) is 0.133. The van der Waals surface area contributed by atoms with Crippen molar-refractivity contribution >= 4 is 22.9 Å². The fourth-order valence-electron chi connectivity index (χ4n) is 2.02. The first-order chi connectivity index (χ1) is 10.7. The lowest BCUT2D eigenvalue weighted by molar-refractivity contribution is 0.415. The van der Waals surface area contributed by atoms with Gasteiger partial charge in [0.25, 0.3) is 0 Å². The van der Waals surface area contributed by atoms with Crippen molar-refractivity contribution in [2.45, 2.75) is 6.67 Å². The first-order valence-corrected chi connectivity index (χ1v) is 7.59. The van der Waals surface area contributed by atoms with Gasteiger partial charge in [0.1, 0.15) is 17.4 Å². The highest BCUT2D eigenvalue weighted by Crippen LogP contribution is 2.37. The molecule has 0 N–H and O–H groups in total. The van der Waals surface area contributed by atoms with Crippen LogP contribution < -0.4 is 4.74 Å². The second-order valence-corrected chi connectivity index (χ2v) is 5.78. The lowest BCUT2D eigenvalue weighted by atomic mass is 10.1. The lowest BCUT2D eigenvalue weighted by Crippen LogP contribution is -1.89. The summed E-state index contributed by atoms with van der Waals surface area (Å²) in [4.78, 5) is 13.2. The van der Waals surface area contributed by atoms with Crippen molar-refractivity contribution in [1.29, 1.82) is 0 Å². The number of aromatic nitrogens is 3. The van der Waals surface area contributed by atoms with E-state index in [0.717, 1.165) is 10.4 Å². The predicted octanol–water partition coefficient (Wildman–Crippen LogP) is 4.40. The van der Waals surface area contributed by atoms with Gasteiger partial charge < -0.3 is 4.74 Å². The van der Waals surface area contributed by atoms with Crippen LogP contribution in [0.1, 0.15) is 5.01 Å². The Morgan fingerprint density at radius 2 is 2.14 bits per heavy atom. The molecule has 22 heavy (non-hydrogen) atoms. The van der Waals surface area contributed by atoms with Gasteiger partial charge in [0.05, 0.1) is 23.4 Å². The van der Waals surface area contributed by atoms with Crippen LogP contribution in [0.5, 0.6) is 5.75 Å². The Labute approximate surface area is 135 Å². The summed E-state index contributed by atoms with van der Waals surface area (Å²) in [5, 5.41) is 0.534. The van der Waals surface area contributed by atoms with Crippen molar-refractivity contribution in [3.63, 3.8) is 0 Å². The Bertz CT molecular complexity index is 809. The molecule has 0 spiro atoms. The first kappa shape index (κ1) is 14.9. The Kier molecular flexibility index (Phi) is 4.31. The standard InChI is InChI=1S/C15H11ClFN3OS/c1-21-10-4-2-3-9(7-10)13-14(22-12(8-17)20-13)11-5-6-18-15(16)19-11/h2-7H,8H2,1H3. The number of methoxy groups -OCH3 is 1. The topological polar surface area (TPSA) is 47.9 Å². The molecule has 3 rings (SSSR count). The van der Waals surface area contributed by atoms with Crippen LogP contribution >= 0.6 is 22.9 Å². The highest BCUT2D eigenvalue weighted by atomic mass is 35.5. The Morgan fingerprint density at radius 3 is 2.86 bits per heavy atom. The number of alkyl halides is 1. The molecule has 2 heterocycles. The summed E-state index contributed by atoms with van der Waals surface area (Å²) in [7, 11) is 1.60. The molecule has 0 bridgehead atoms. The number of ether oxygens (including phenoxy) is 1. The summed E-state index contributed by atoms with van der Waals surface area (Å²) in [5.74, 6) is 0.707. The molecule has 0 saturated carbocycles. The second kappa shape index (κ2) is 6.37. The zero-order valence-corrected chi connectivity index (χ0v) is 13.2. The van der Waals surface area contributed by atoms with Crippen molar-refractivity contribution in [2.75, 3.05) is 7.11 Å².